The first-order chi connectivity index (χ1) is 13.0. The van der Waals surface area contributed by atoms with E-state index >= 15 is 0 Å². The highest BCUT2D eigenvalue weighted by Gasteiger charge is 2.13. The number of unbranched alkanes of at least 4 members (excludes halogenated alkanes) is 4. The number of ether oxygens (including phenoxy) is 2. The Balaban J connectivity index is 4.76. The summed E-state index contributed by atoms with van der Waals surface area (Å²) in [6, 6.07) is 0. The summed E-state index contributed by atoms with van der Waals surface area (Å²) in [6.07, 6.45) is 12.4. The Kier molecular flexibility index (Phi) is 15.7. The van der Waals surface area contributed by atoms with Gasteiger partial charge in [0.15, 0.2) is 0 Å². The second-order valence-corrected chi connectivity index (χ2v) is 6.96. The van der Waals surface area contributed by atoms with Gasteiger partial charge in [0, 0.05) is 13.6 Å². The molecular formula is C23H42N2O2. The second kappa shape index (κ2) is 16.6. The van der Waals surface area contributed by atoms with Crippen LogP contribution in [0, 0.1) is 0 Å². The van der Waals surface area contributed by atoms with Crippen molar-refractivity contribution >= 4 is 5.71 Å². The molecule has 0 heterocycles. The molecule has 0 saturated carbocycles. The van der Waals surface area contributed by atoms with E-state index in [0.29, 0.717) is 0 Å². The molecule has 0 aliphatic rings. The Labute approximate surface area is 167 Å². The summed E-state index contributed by atoms with van der Waals surface area (Å²) in [4.78, 5) is 4.53. The van der Waals surface area contributed by atoms with Crippen LogP contribution >= 0.6 is 0 Å². The van der Waals surface area contributed by atoms with E-state index in [1.807, 2.05) is 34.0 Å². The lowest BCUT2D eigenvalue weighted by Gasteiger charge is -2.16. The highest BCUT2D eigenvalue weighted by Crippen LogP contribution is 2.14. The topological polar surface area (TPSA) is 42.8 Å². The largest absolute Gasteiger partial charge is 0.496 e. The molecule has 0 aromatic heterocycles. The molecule has 27 heavy (non-hydrogen) atoms. The van der Waals surface area contributed by atoms with Gasteiger partial charge in [-0.1, -0.05) is 38.8 Å². The fourth-order valence-corrected chi connectivity index (χ4v) is 2.94. The standard InChI is InChI=1S/C23H42N2O2/c1-8-10-11-14-17-26-22(9-2)23(25-7)21(18-24-6)16-13-12-15-20(5)27-19(3)4/h9,16,20,24H,3,8,10-15,17-18H2,1-2,4-7H3/b21-16+,22-9+,25-23?. The van der Waals surface area contributed by atoms with Crippen molar-refractivity contribution in [3.63, 3.8) is 0 Å². The zero-order valence-corrected chi connectivity index (χ0v) is 18.6. The SMILES string of the molecule is C=C(C)OC(C)CCC/C=C(\CNC)C(=NC)/C(=C\C)OCCCCCC. The molecule has 0 fully saturated rings. The van der Waals surface area contributed by atoms with Gasteiger partial charge in [0.1, 0.15) is 11.5 Å². The van der Waals surface area contributed by atoms with E-state index < -0.39 is 0 Å². The van der Waals surface area contributed by atoms with E-state index in [0.717, 1.165) is 56.1 Å². The van der Waals surface area contributed by atoms with E-state index in [-0.39, 0.29) is 6.10 Å². The van der Waals surface area contributed by atoms with E-state index in [1.54, 1.807) is 0 Å². The molecule has 4 heteroatoms. The van der Waals surface area contributed by atoms with Gasteiger partial charge in [-0.25, -0.2) is 0 Å². The first-order valence-electron chi connectivity index (χ1n) is 10.4. The molecule has 0 amide bonds. The summed E-state index contributed by atoms with van der Waals surface area (Å²) < 4.78 is 11.7. The predicted octanol–water partition coefficient (Wildman–Crippen LogP) is 5.81. The Morgan fingerprint density at radius 1 is 1.22 bits per heavy atom. The minimum Gasteiger partial charge on any atom is -0.496 e. The van der Waals surface area contributed by atoms with Gasteiger partial charge in [-0.2, -0.15) is 0 Å². The van der Waals surface area contributed by atoms with Crippen LogP contribution in [0.1, 0.15) is 72.6 Å². The number of nitrogens with zero attached hydrogens (tertiary/aromatic N) is 1. The van der Waals surface area contributed by atoms with Gasteiger partial charge in [-0.15, -0.1) is 0 Å². The summed E-state index contributed by atoms with van der Waals surface area (Å²) in [5.74, 6) is 1.66. The molecule has 0 radical (unpaired) electrons. The zero-order valence-electron chi connectivity index (χ0n) is 18.6. The molecule has 0 bridgehead atoms. The normalized spacial score (nSPS) is 14.2. The summed E-state index contributed by atoms with van der Waals surface area (Å²) in [6.45, 7) is 13.6. The van der Waals surface area contributed by atoms with Crippen molar-refractivity contribution in [1.29, 1.82) is 0 Å². The van der Waals surface area contributed by atoms with Crippen LogP contribution in [0.15, 0.2) is 40.8 Å². The molecule has 0 saturated heterocycles. The number of hydrogen-bond acceptors (Lipinski definition) is 4. The van der Waals surface area contributed by atoms with Crippen LogP contribution < -0.4 is 5.32 Å². The Morgan fingerprint density at radius 3 is 2.52 bits per heavy atom. The molecule has 156 valence electrons. The van der Waals surface area contributed by atoms with E-state index in [2.05, 4.69) is 36.8 Å². The maximum Gasteiger partial charge on any atom is 0.140 e. The average Bonchev–Trinajstić information content (AvgIpc) is 2.63. The molecular weight excluding hydrogens is 336 g/mol. The van der Waals surface area contributed by atoms with Crippen molar-refractivity contribution in [2.24, 2.45) is 4.99 Å². The van der Waals surface area contributed by atoms with Crippen molar-refractivity contribution in [1.82, 2.24) is 5.32 Å². The quantitative estimate of drug-likeness (QED) is 0.209. The summed E-state index contributed by atoms with van der Waals surface area (Å²) in [5.41, 5.74) is 2.14. The van der Waals surface area contributed by atoms with Crippen LogP contribution in [-0.2, 0) is 9.47 Å². The summed E-state index contributed by atoms with van der Waals surface area (Å²) in [5, 5.41) is 3.25. The van der Waals surface area contributed by atoms with Crippen LogP contribution in [0.3, 0.4) is 0 Å². The molecule has 0 aromatic rings. The number of likely N-dealkylation sites (N-methyl/N-ethyl adjacent to an activating group) is 1. The third kappa shape index (κ3) is 12.5. The molecule has 1 N–H and O–H groups in total. The predicted molar refractivity (Wildman–Crippen MR) is 118 cm³/mol. The van der Waals surface area contributed by atoms with Gasteiger partial charge >= 0.3 is 0 Å². The third-order valence-corrected chi connectivity index (χ3v) is 4.25. The molecule has 0 rings (SSSR count). The van der Waals surface area contributed by atoms with Crippen LogP contribution in [0.4, 0.5) is 0 Å². The molecule has 1 unspecified atom stereocenters. The van der Waals surface area contributed by atoms with Crippen molar-refractivity contribution in [3.8, 4) is 0 Å². The van der Waals surface area contributed by atoms with Gasteiger partial charge in [0.2, 0.25) is 0 Å². The van der Waals surface area contributed by atoms with Crippen molar-refractivity contribution in [2.45, 2.75) is 78.7 Å². The average molecular weight is 379 g/mol. The molecule has 1 atom stereocenters. The Morgan fingerprint density at radius 2 is 1.96 bits per heavy atom. The molecule has 0 aliphatic heterocycles. The lowest BCUT2D eigenvalue weighted by molar-refractivity contribution is 0.125. The highest BCUT2D eigenvalue weighted by atomic mass is 16.5. The van der Waals surface area contributed by atoms with Crippen molar-refractivity contribution < 1.29 is 9.47 Å². The first kappa shape index (κ1) is 25.4. The number of hydrogen-bond donors (Lipinski definition) is 1. The van der Waals surface area contributed by atoms with Gasteiger partial charge in [0.25, 0.3) is 0 Å². The number of nitrogens with one attached hydrogen (secondary N) is 1. The maximum absolute atomic E-state index is 6.04. The lowest BCUT2D eigenvalue weighted by atomic mass is 10.0. The van der Waals surface area contributed by atoms with Gasteiger partial charge < -0.3 is 14.8 Å². The number of aliphatic imine (C=N–C) groups is 1. The first-order valence-corrected chi connectivity index (χ1v) is 10.4. The molecule has 4 nitrogen and oxygen atoms in total. The van der Waals surface area contributed by atoms with E-state index in [4.69, 9.17) is 9.47 Å². The molecule has 0 spiro atoms. The Hall–Kier alpha value is -1.55. The number of allylic oxidation sites excluding steroid dienone is 4. The van der Waals surface area contributed by atoms with Crippen LogP contribution in [0.2, 0.25) is 0 Å². The van der Waals surface area contributed by atoms with E-state index in [9.17, 15) is 0 Å². The Bertz CT molecular complexity index is 493. The van der Waals surface area contributed by atoms with Gasteiger partial charge in [0.05, 0.1) is 18.5 Å². The minimum atomic E-state index is 0.209. The van der Waals surface area contributed by atoms with Crippen LogP contribution in [0.5, 0.6) is 0 Å². The number of rotatable bonds is 16. The third-order valence-electron chi connectivity index (χ3n) is 4.25. The van der Waals surface area contributed by atoms with E-state index in [1.165, 1.54) is 24.8 Å². The van der Waals surface area contributed by atoms with Gasteiger partial charge in [-0.05, 0) is 65.2 Å². The highest BCUT2D eigenvalue weighted by molar-refractivity contribution is 6.11. The second-order valence-electron chi connectivity index (χ2n) is 6.96. The molecule has 0 aliphatic carbocycles. The summed E-state index contributed by atoms with van der Waals surface area (Å²) in [7, 11) is 3.80. The van der Waals surface area contributed by atoms with Crippen LogP contribution in [-0.4, -0.2) is 39.1 Å². The fraction of sp³-hybridized carbons (Fsp3) is 0.696. The zero-order chi connectivity index (χ0) is 20.5. The van der Waals surface area contributed by atoms with Crippen molar-refractivity contribution in [3.05, 3.63) is 35.8 Å². The smallest absolute Gasteiger partial charge is 0.140 e. The lowest BCUT2D eigenvalue weighted by Crippen LogP contribution is -2.20. The fourth-order valence-electron chi connectivity index (χ4n) is 2.94. The molecule has 0 aromatic carbocycles. The van der Waals surface area contributed by atoms with Crippen molar-refractivity contribution in [2.75, 3.05) is 27.2 Å². The van der Waals surface area contributed by atoms with Gasteiger partial charge in [-0.3, -0.25) is 4.99 Å². The maximum atomic E-state index is 6.04. The monoisotopic (exact) mass is 378 g/mol. The summed E-state index contributed by atoms with van der Waals surface area (Å²) >= 11 is 0. The minimum absolute atomic E-state index is 0.209. The van der Waals surface area contributed by atoms with Crippen LogP contribution in [0.25, 0.3) is 0 Å².